The van der Waals surface area contributed by atoms with E-state index in [0.29, 0.717) is 12.8 Å². The zero-order chi connectivity index (χ0) is 21.7. The summed E-state index contributed by atoms with van der Waals surface area (Å²) in [6.45, 7) is 1.84. The maximum atomic E-state index is 12.8. The van der Waals surface area contributed by atoms with E-state index in [2.05, 4.69) is 21.9 Å². The minimum atomic E-state index is 0.205. The van der Waals surface area contributed by atoms with E-state index in [0.717, 1.165) is 58.8 Å². The molecule has 0 atom stereocenters. The van der Waals surface area contributed by atoms with Crippen molar-refractivity contribution in [1.82, 2.24) is 9.80 Å². The second-order valence-electron chi connectivity index (χ2n) is 8.54. The molecule has 2 aromatic rings. The summed E-state index contributed by atoms with van der Waals surface area (Å²) in [6.07, 6.45) is 3.65. The van der Waals surface area contributed by atoms with E-state index < -0.39 is 0 Å². The molecule has 0 aliphatic carbocycles. The van der Waals surface area contributed by atoms with Crippen LogP contribution in [0.3, 0.4) is 0 Å². The van der Waals surface area contributed by atoms with Crippen LogP contribution in [0.2, 0.25) is 0 Å². The second-order valence-corrected chi connectivity index (χ2v) is 9.63. The predicted molar refractivity (Wildman–Crippen MR) is 124 cm³/mol. The van der Waals surface area contributed by atoms with Crippen molar-refractivity contribution >= 4 is 23.3 Å². The van der Waals surface area contributed by atoms with E-state index in [4.69, 9.17) is 0 Å². The van der Waals surface area contributed by atoms with E-state index in [1.54, 1.807) is 11.8 Å². The Bertz CT molecular complexity index is 921. The molecule has 1 aliphatic heterocycles. The molecule has 0 amide bonds. The van der Waals surface area contributed by atoms with Gasteiger partial charge in [0.2, 0.25) is 0 Å². The molecule has 2 aromatic carbocycles. The molecule has 4 nitrogen and oxygen atoms in total. The van der Waals surface area contributed by atoms with Crippen molar-refractivity contribution in [3.63, 3.8) is 0 Å². The van der Waals surface area contributed by atoms with Crippen LogP contribution in [-0.4, -0.2) is 62.6 Å². The van der Waals surface area contributed by atoms with E-state index in [9.17, 15) is 9.59 Å². The van der Waals surface area contributed by atoms with Gasteiger partial charge in [0.15, 0.2) is 11.6 Å². The predicted octanol–water partition coefficient (Wildman–Crippen LogP) is 4.79. The summed E-state index contributed by atoms with van der Waals surface area (Å²) in [5.74, 6) is 0.432. The number of hydrogen-bond donors (Lipinski definition) is 0. The smallest absolute Gasteiger partial charge is 0.163 e. The molecule has 0 N–H and O–H groups in total. The summed E-state index contributed by atoms with van der Waals surface area (Å²) < 4.78 is 0. The number of carbonyl (C=O) groups excluding carboxylic acids is 2. The molecule has 5 heteroatoms. The first-order valence-electron chi connectivity index (χ1n) is 10.6. The molecule has 0 saturated carbocycles. The molecule has 3 rings (SSSR count). The van der Waals surface area contributed by atoms with Crippen LogP contribution < -0.4 is 0 Å². The van der Waals surface area contributed by atoms with Crippen molar-refractivity contribution in [2.75, 3.05) is 41.3 Å². The molecule has 0 fully saturated rings. The van der Waals surface area contributed by atoms with Crippen molar-refractivity contribution in [3.05, 3.63) is 58.7 Å². The lowest BCUT2D eigenvalue weighted by molar-refractivity contribution is 0.0969. The number of ketones is 2. The van der Waals surface area contributed by atoms with Gasteiger partial charge >= 0.3 is 0 Å². The Balaban J connectivity index is 1.73. The average molecular weight is 425 g/mol. The molecule has 1 heterocycles. The topological polar surface area (TPSA) is 40.6 Å². The van der Waals surface area contributed by atoms with Crippen molar-refractivity contribution < 1.29 is 9.59 Å². The van der Waals surface area contributed by atoms with Crippen molar-refractivity contribution in [2.24, 2.45) is 0 Å². The highest BCUT2D eigenvalue weighted by atomic mass is 32.2. The molecule has 160 valence electrons. The third-order valence-electron chi connectivity index (χ3n) is 5.43. The fourth-order valence-corrected chi connectivity index (χ4v) is 4.92. The minimum absolute atomic E-state index is 0.205. The van der Waals surface area contributed by atoms with Crippen LogP contribution in [0.4, 0.5) is 0 Å². The molecule has 30 heavy (non-hydrogen) atoms. The van der Waals surface area contributed by atoms with Gasteiger partial charge in [-0.1, -0.05) is 36.0 Å². The fourth-order valence-electron chi connectivity index (χ4n) is 3.77. The van der Waals surface area contributed by atoms with E-state index in [1.807, 2.05) is 52.5 Å². The number of benzene rings is 2. The Morgan fingerprint density at radius 3 is 2.20 bits per heavy atom. The maximum Gasteiger partial charge on any atom is 0.163 e. The average Bonchev–Trinajstić information content (AvgIpc) is 2.70. The second kappa shape index (κ2) is 10.4. The molecule has 0 spiro atoms. The first kappa shape index (κ1) is 22.7. The Hall–Kier alpha value is -1.95. The van der Waals surface area contributed by atoms with Crippen LogP contribution in [0.1, 0.15) is 57.5 Å². The summed E-state index contributed by atoms with van der Waals surface area (Å²) in [5, 5.41) is 0. The van der Waals surface area contributed by atoms with Crippen LogP contribution in [0.5, 0.6) is 0 Å². The monoisotopic (exact) mass is 424 g/mol. The van der Waals surface area contributed by atoms with Crippen LogP contribution in [0, 0.1) is 0 Å². The number of Topliss-reactive ketones (excluding diaryl/α,β-unsaturated/α-hetero) is 2. The third kappa shape index (κ3) is 5.81. The molecule has 0 saturated heterocycles. The molecule has 0 aromatic heterocycles. The number of hydrogen-bond acceptors (Lipinski definition) is 5. The summed E-state index contributed by atoms with van der Waals surface area (Å²) in [6, 6.07) is 12.1. The van der Waals surface area contributed by atoms with Gasteiger partial charge in [-0.25, -0.2) is 0 Å². The van der Waals surface area contributed by atoms with Gasteiger partial charge in [0.25, 0.3) is 0 Å². The highest BCUT2D eigenvalue weighted by molar-refractivity contribution is 7.99. The fraction of sp³-hybridized carbons (Fsp3) is 0.440. The summed E-state index contributed by atoms with van der Waals surface area (Å²) >= 11 is 1.68. The first-order valence-corrected chi connectivity index (χ1v) is 11.5. The van der Waals surface area contributed by atoms with Crippen LogP contribution in [0.15, 0.2) is 46.2 Å². The van der Waals surface area contributed by atoms with Gasteiger partial charge < -0.3 is 9.80 Å². The quantitative estimate of drug-likeness (QED) is 0.438. The molecular formula is C25H32N2O2S. The largest absolute Gasteiger partial charge is 0.309 e. The van der Waals surface area contributed by atoms with Crippen molar-refractivity contribution in [2.45, 2.75) is 41.9 Å². The Morgan fingerprint density at radius 1 is 0.867 bits per heavy atom. The number of fused-ring (bicyclic) bond motifs is 2. The van der Waals surface area contributed by atoms with Crippen LogP contribution in [-0.2, 0) is 6.42 Å². The van der Waals surface area contributed by atoms with E-state index in [-0.39, 0.29) is 11.6 Å². The van der Waals surface area contributed by atoms with Crippen LogP contribution in [0.25, 0.3) is 0 Å². The van der Waals surface area contributed by atoms with E-state index in [1.165, 1.54) is 5.56 Å². The van der Waals surface area contributed by atoms with Gasteiger partial charge in [-0.15, -0.1) is 0 Å². The van der Waals surface area contributed by atoms with Gasteiger partial charge in [0.05, 0.1) is 0 Å². The van der Waals surface area contributed by atoms with Crippen molar-refractivity contribution in [1.29, 1.82) is 0 Å². The van der Waals surface area contributed by atoms with Gasteiger partial charge in [0, 0.05) is 40.2 Å². The summed E-state index contributed by atoms with van der Waals surface area (Å²) in [4.78, 5) is 31.9. The SMILES string of the molecule is CN(C)CCCC(=O)c1ccc2c(c1)Sc1cccc(C(=O)CCCN(C)C)c1C2. The van der Waals surface area contributed by atoms with Gasteiger partial charge in [-0.2, -0.15) is 0 Å². The number of rotatable bonds is 10. The van der Waals surface area contributed by atoms with E-state index >= 15 is 0 Å². The Morgan fingerprint density at radius 2 is 1.53 bits per heavy atom. The lowest BCUT2D eigenvalue weighted by Crippen LogP contribution is -2.15. The number of carbonyl (C=O) groups is 2. The molecule has 0 radical (unpaired) electrons. The highest BCUT2D eigenvalue weighted by Crippen LogP contribution is 2.41. The standard InChI is InChI=1S/C25H32N2O2S/c1-26(2)14-6-9-22(28)18-12-13-19-16-21-20(23(29)10-7-15-27(3)4)8-5-11-24(21)30-25(19)17-18/h5,8,11-13,17H,6-7,9-10,14-16H2,1-4H3. The normalized spacial score (nSPS) is 12.7. The third-order valence-corrected chi connectivity index (χ3v) is 6.63. The highest BCUT2D eigenvalue weighted by Gasteiger charge is 2.22. The van der Waals surface area contributed by atoms with Gasteiger partial charge in [-0.3, -0.25) is 9.59 Å². The molecule has 0 unspecified atom stereocenters. The molecule has 0 bridgehead atoms. The zero-order valence-corrected chi connectivity index (χ0v) is 19.3. The van der Waals surface area contributed by atoms with Gasteiger partial charge in [-0.05, 0) is 77.4 Å². The molecule has 1 aliphatic rings. The molecular weight excluding hydrogens is 392 g/mol. The zero-order valence-electron chi connectivity index (χ0n) is 18.5. The Kier molecular flexibility index (Phi) is 7.87. The minimum Gasteiger partial charge on any atom is -0.309 e. The lowest BCUT2D eigenvalue weighted by atomic mass is 9.94. The number of nitrogens with zero attached hydrogens (tertiary/aromatic N) is 2. The lowest BCUT2D eigenvalue weighted by Gasteiger charge is -2.22. The maximum absolute atomic E-state index is 12.8. The first-order chi connectivity index (χ1) is 14.3. The van der Waals surface area contributed by atoms with Crippen molar-refractivity contribution in [3.8, 4) is 0 Å². The Labute approximate surface area is 184 Å². The summed E-state index contributed by atoms with van der Waals surface area (Å²) in [7, 11) is 8.12. The van der Waals surface area contributed by atoms with Crippen LogP contribution >= 0.6 is 11.8 Å². The summed E-state index contributed by atoms with van der Waals surface area (Å²) in [5.41, 5.74) is 3.98. The van der Waals surface area contributed by atoms with Gasteiger partial charge in [0.1, 0.15) is 0 Å².